The zero-order valence-electron chi connectivity index (χ0n) is 21.2. The highest BCUT2D eigenvalue weighted by Gasteiger charge is 2.22. The van der Waals surface area contributed by atoms with Gasteiger partial charge in [0.15, 0.2) is 0 Å². The maximum atomic E-state index is 13.2. The van der Waals surface area contributed by atoms with Crippen molar-refractivity contribution < 1.29 is 9.59 Å². The van der Waals surface area contributed by atoms with Gasteiger partial charge in [-0.1, -0.05) is 83.9 Å². The van der Waals surface area contributed by atoms with Crippen LogP contribution in [0.25, 0.3) is 0 Å². The summed E-state index contributed by atoms with van der Waals surface area (Å²) in [6, 6.07) is 32.1. The maximum absolute atomic E-state index is 13.2. The van der Waals surface area contributed by atoms with E-state index in [1.54, 1.807) is 48.5 Å². The van der Waals surface area contributed by atoms with Crippen LogP contribution in [0.3, 0.4) is 0 Å². The number of carbonyl (C=O) groups excluding carboxylic acids is 2. The molecule has 4 aromatic carbocycles. The van der Waals surface area contributed by atoms with Gasteiger partial charge in [-0.05, 0) is 79.2 Å². The average Bonchev–Trinajstić information content (AvgIpc) is 2.96. The number of anilines is 2. The Hall–Kier alpha value is -3.68. The topological polar surface area (TPSA) is 82.3 Å². The minimum Gasteiger partial charge on any atom is -0.324 e. The Morgan fingerprint density at radius 2 is 0.897 bits per heavy atom. The van der Waals surface area contributed by atoms with E-state index >= 15 is 0 Å². The summed E-state index contributed by atoms with van der Waals surface area (Å²) < 4.78 is 0. The van der Waals surface area contributed by atoms with Gasteiger partial charge in [-0.15, -0.1) is 0 Å². The minimum atomic E-state index is -0.542. The number of rotatable bonds is 12. The molecule has 6 nitrogen and oxygen atoms in total. The molecule has 0 saturated heterocycles. The van der Waals surface area contributed by atoms with E-state index in [-0.39, 0.29) is 11.8 Å². The fraction of sp³-hybridized carbons (Fsp3) is 0.161. The van der Waals surface area contributed by atoms with E-state index in [9.17, 15) is 9.59 Å². The molecule has 4 N–H and O–H groups in total. The molecule has 2 amide bonds. The lowest BCUT2D eigenvalue weighted by atomic mass is 10.1. The van der Waals surface area contributed by atoms with Crippen molar-refractivity contribution >= 4 is 46.4 Å². The fourth-order valence-corrected chi connectivity index (χ4v) is 4.34. The van der Waals surface area contributed by atoms with Crippen LogP contribution >= 0.6 is 23.2 Å². The van der Waals surface area contributed by atoms with Crippen LogP contribution in [-0.4, -0.2) is 24.9 Å². The number of nitrogens with one attached hydrogen (secondary N) is 4. The number of carbonyl (C=O) groups is 2. The molecule has 0 saturated carbocycles. The van der Waals surface area contributed by atoms with Gasteiger partial charge in [0, 0.05) is 21.4 Å². The molecule has 2 atom stereocenters. The van der Waals surface area contributed by atoms with Crippen molar-refractivity contribution in [3.05, 3.63) is 130 Å². The molecule has 0 aliphatic heterocycles. The quantitative estimate of drug-likeness (QED) is 0.147. The molecule has 4 aromatic rings. The molecule has 200 valence electrons. The summed E-state index contributed by atoms with van der Waals surface area (Å²) in [7, 11) is 0. The molecule has 0 aliphatic carbocycles. The molecule has 0 bridgehead atoms. The molecule has 0 radical (unpaired) electrons. The fourth-order valence-electron chi connectivity index (χ4n) is 4.09. The second kappa shape index (κ2) is 14.5. The molecular formula is C31H30Cl2N4O2. The first-order chi connectivity index (χ1) is 19.0. The SMILES string of the molecule is O=C(Nc1ccc(Cl)cc1)[C@H](NCCCN[C@@H](C(=O)Nc1ccc(Cl)cc1)c1ccccc1)c1ccccc1. The van der Waals surface area contributed by atoms with Crippen LogP contribution in [0, 0.1) is 0 Å². The highest BCUT2D eigenvalue weighted by molar-refractivity contribution is 6.31. The summed E-state index contributed by atoms with van der Waals surface area (Å²) in [6.07, 6.45) is 0.690. The van der Waals surface area contributed by atoms with E-state index in [2.05, 4.69) is 21.3 Å². The second-order valence-corrected chi connectivity index (χ2v) is 9.81. The molecule has 0 fully saturated rings. The summed E-state index contributed by atoms with van der Waals surface area (Å²) in [5.74, 6) is -0.332. The van der Waals surface area contributed by atoms with E-state index in [1.807, 2.05) is 60.7 Å². The number of halogens is 2. The molecule has 39 heavy (non-hydrogen) atoms. The Morgan fingerprint density at radius 3 is 1.26 bits per heavy atom. The Bertz CT molecular complexity index is 1230. The second-order valence-electron chi connectivity index (χ2n) is 8.94. The van der Waals surface area contributed by atoms with Crippen LogP contribution in [0.15, 0.2) is 109 Å². The highest BCUT2D eigenvalue weighted by atomic mass is 35.5. The molecule has 0 spiro atoms. The number of benzene rings is 4. The summed E-state index contributed by atoms with van der Waals surface area (Å²) in [5, 5.41) is 13.8. The summed E-state index contributed by atoms with van der Waals surface area (Å²) in [5.41, 5.74) is 3.07. The number of hydrogen-bond donors (Lipinski definition) is 4. The predicted molar refractivity (Wildman–Crippen MR) is 159 cm³/mol. The van der Waals surface area contributed by atoms with Crippen molar-refractivity contribution in [1.29, 1.82) is 0 Å². The Morgan fingerprint density at radius 1 is 0.538 bits per heavy atom. The maximum Gasteiger partial charge on any atom is 0.246 e. The first-order valence-corrected chi connectivity index (χ1v) is 13.4. The minimum absolute atomic E-state index is 0.166. The molecule has 0 aliphatic rings. The van der Waals surface area contributed by atoms with Gasteiger partial charge in [-0.2, -0.15) is 0 Å². The Balaban J connectivity index is 1.35. The zero-order valence-corrected chi connectivity index (χ0v) is 22.8. The first kappa shape index (κ1) is 28.3. The van der Waals surface area contributed by atoms with E-state index < -0.39 is 12.1 Å². The predicted octanol–water partition coefficient (Wildman–Crippen LogP) is 6.62. The molecule has 4 rings (SSSR count). The van der Waals surface area contributed by atoms with Crippen molar-refractivity contribution in [2.24, 2.45) is 0 Å². The summed E-state index contributed by atoms with van der Waals surface area (Å²) in [4.78, 5) is 26.3. The van der Waals surface area contributed by atoms with Gasteiger partial charge in [0.2, 0.25) is 11.8 Å². The van der Waals surface area contributed by atoms with Crippen molar-refractivity contribution in [1.82, 2.24) is 10.6 Å². The van der Waals surface area contributed by atoms with Crippen LogP contribution in [0.2, 0.25) is 10.0 Å². The van der Waals surface area contributed by atoms with E-state index in [0.717, 1.165) is 11.1 Å². The van der Waals surface area contributed by atoms with Crippen LogP contribution in [0.5, 0.6) is 0 Å². The summed E-state index contributed by atoms with van der Waals surface area (Å²) in [6.45, 7) is 1.11. The third-order valence-electron chi connectivity index (χ3n) is 6.06. The van der Waals surface area contributed by atoms with Gasteiger partial charge in [-0.3, -0.25) is 9.59 Å². The molecular weight excluding hydrogens is 531 g/mol. The van der Waals surface area contributed by atoms with Gasteiger partial charge < -0.3 is 21.3 Å². The van der Waals surface area contributed by atoms with Crippen molar-refractivity contribution in [3.8, 4) is 0 Å². The van der Waals surface area contributed by atoms with Gasteiger partial charge in [0.1, 0.15) is 12.1 Å². The molecule has 8 heteroatoms. The van der Waals surface area contributed by atoms with E-state index in [1.165, 1.54) is 0 Å². The third kappa shape index (κ3) is 8.67. The first-order valence-electron chi connectivity index (χ1n) is 12.7. The number of amides is 2. The lowest BCUT2D eigenvalue weighted by molar-refractivity contribution is -0.119. The van der Waals surface area contributed by atoms with E-state index in [4.69, 9.17) is 23.2 Å². The normalized spacial score (nSPS) is 12.4. The third-order valence-corrected chi connectivity index (χ3v) is 6.57. The van der Waals surface area contributed by atoms with Gasteiger partial charge in [0.05, 0.1) is 0 Å². The average molecular weight is 562 g/mol. The van der Waals surface area contributed by atoms with Crippen LogP contribution < -0.4 is 21.3 Å². The smallest absolute Gasteiger partial charge is 0.246 e. The molecule has 0 unspecified atom stereocenters. The largest absolute Gasteiger partial charge is 0.324 e. The Labute approximate surface area is 238 Å². The van der Waals surface area contributed by atoms with Crippen molar-refractivity contribution in [3.63, 3.8) is 0 Å². The molecule has 0 heterocycles. The lowest BCUT2D eigenvalue weighted by Crippen LogP contribution is -2.36. The summed E-state index contributed by atoms with van der Waals surface area (Å²) >= 11 is 11.9. The van der Waals surface area contributed by atoms with Gasteiger partial charge in [-0.25, -0.2) is 0 Å². The monoisotopic (exact) mass is 560 g/mol. The van der Waals surface area contributed by atoms with Crippen LogP contribution in [0.4, 0.5) is 11.4 Å². The van der Waals surface area contributed by atoms with Crippen molar-refractivity contribution in [2.45, 2.75) is 18.5 Å². The Kier molecular flexibility index (Phi) is 10.5. The van der Waals surface area contributed by atoms with Crippen LogP contribution in [0.1, 0.15) is 29.6 Å². The molecule has 0 aromatic heterocycles. The van der Waals surface area contributed by atoms with Crippen molar-refractivity contribution in [2.75, 3.05) is 23.7 Å². The lowest BCUT2D eigenvalue weighted by Gasteiger charge is -2.21. The van der Waals surface area contributed by atoms with E-state index in [0.29, 0.717) is 40.9 Å². The highest BCUT2D eigenvalue weighted by Crippen LogP contribution is 2.20. The van der Waals surface area contributed by atoms with Gasteiger partial charge in [0.25, 0.3) is 0 Å². The number of hydrogen-bond acceptors (Lipinski definition) is 4. The standard InChI is InChI=1S/C31H30Cl2N4O2/c32-24-12-16-26(17-13-24)36-30(38)28(22-8-3-1-4-9-22)34-20-7-21-35-29(23-10-5-2-6-11-23)31(39)37-27-18-14-25(33)15-19-27/h1-6,8-19,28-29,34-35H,7,20-21H2,(H,36,38)(H,37,39)/t28-,29-/m1/s1. The van der Waals surface area contributed by atoms with Crippen LogP contribution in [-0.2, 0) is 9.59 Å². The zero-order chi connectivity index (χ0) is 27.5. The van der Waals surface area contributed by atoms with Gasteiger partial charge >= 0.3 is 0 Å².